The van der Waals surface area contributed by atoms with Gasteiger partial charge in [0.05, 0.1) is 42.0 Å². The van der Waals surface area contributed by atoms with Crippen molar-refractivity contribution in [2.75, 3.05) is 14.2 Å². The first-order chi connectivity index (χ1) is 12.0. The lowest BCUT2D eigenvalue weighted by Gasteiger charge is -2.11. The number of aromatic nitrogens is 3. The van der Waals surface area contributed by atoms with Crippen LogP contribution in [0.4, 0.5) is 0 Å². The third kappa shape index (κ3) is 3.05. The number of aryl methyl sites for hydroxylation is 1. The van der Waals surface area contributed by atoms with Gasteiger partial charge >= 0.3 is 0 Å². The van der Waals surface area contributed by atoms with Crippen LogP contribution in [0.3, 0.4) is 0 Å². The second kappa shape index (κ2) is 6.72. The second-order valence-corrected chi connectivity index (χ2v) is 6.96. The molecule has 0 saturated heterocycles. The Morgan fingerprint density at radius 1 is 1.24 bits per heavy atom. The monoisotopic (exact) mass is 361 g/mol. The molecule has 0 unspecified atom stereocenters. The van der Waals surface area contributed by atoms with Gasteiger partial charge in [0.15, 0.2) is 16.7 Å². The molecule has 0 saturated carbocycles. The third-order valence-corrected chi connectivity index (χ3v) is 5.18. The number of H-pyrrole nitrogens is 1. The number of hydrogen-bond acceptors (Lipinski definition) is 6. The zero-order chi connectivity index (χ0) is 18.1. The van der Waals surface area contributed by atoms with Gasteiger partial charge in [0.1, 0.15) is 11.3 Å². The first-order valence-electron chi connectivity index (χ1n) is 7.59. The van der Waals surface area contributed by atoms with Gasteiger partial charge in [-0.1, -0.05) is 0 Å². The van der Waals surface area contributed by atoms with E-state index in [2.05, 4.69) is 15.0 Å². The summed E-state index contributed by atoms with van der Waals surface area (Å²) in [6.45, 7) is 3.80. The number of fused-ring (bicyclic) bond motifs is 1. The predicted octanol–water partition coefficient (Wildman–Crippen LogP) is 2.61. The van der Waals surface area contributed by atoms with Crippen LogP contribution in [0, 0.1) is 13.8 Å². The highest BCUT2D eigenvalue weighted by Gasteiger charge is 2.18. The molecule has 25 heavy (non-hydrogen) atoms. The highest BCUT2D eigenvalue weighted by atomic mass is 32.2. The number of hydrogen-bond donors (Lipinski definition) is 2. The summed E-state index contributed by atoms with van der Waals surface area (Å²) in [7, 11) is 1.62. The number of ether oxygens (including phenoxy) is 2. The summed E-state index contributed by atoms with van der Waals surface area (Å²) in [5.41, 5.74) is 3.39. The molecule has 2 heterocycles. The van der Waals surface area contributed by atoms with Crippen LogP contribution in [-0.4, -0.2) is 38.5 Å². The molecule has 3 rings (SSSR count). The average molecular weight is 361 g/mol. The van der Waals surface area contributed by atoms with Crippen LogP contribution in [0.5, 0.6) is 17.2 Å². The molecule has 0 bridgehead atoms. The Morgan fingerprint density at radius 2 is 2.00 bits per heavy atom. The minimum atomic E-state index is -1.45. The average Bonchev–Trinajstić information content (AvgIpc) is 3.03. The number of aromatic hydroxyl groups is 1. The molecule has 0 aliphatic heterocycles. The molecule has 0 spiro atoms. The lowest BCUT2D eigenvalue weighted by molar-refractivity contribution is 0.376. The molecule has 132 valence electrons. The van der Waals surface area contributed by atoms with Gasteiger partial charge in [0.2, 0.25) is 0 Å². The summed E-state index contributed by atoms with van der Waals surface area (Å²) < 4.78 is 23.2. The smallest absolute Gasteiger partial charge is 0.197 e. The molecule has 7 nitrogen and oxygen atoms in total. The highest BCUT2D eigenvalue weighted by Crippen LogP contribution is 2.33. The van der Waals surface area contributed by atoms with Gasteiger partial charge < -0.3 is 19.6 Å². The Kier molecular flexibility index (Phi) is 4.63. The van der Waals surface area contributed by atoms with Crippen molar-refractivity contribution in [1.29, 1.82) is 0 Å². The second-order valence-electron chi connectivity index (χ2n) is 5.59. The molecule has 8 heteroatoms. The normalized spacial score (nSPS) is 12.3. The summed E-state index contributed by atoms with van der Waals surface area (Å²) in [5, 5.41) is 10.4. The number of aromatic amines is 1. The molecule has 0 aliphatic carbocycles. The topological polar surface area (TPSA) is 97.3 Å². The zero-order valence-corrected chi connectivity index (χ0v) is 15.2. The van der Waals surface area contributed by atoms with E-state index in [-0.39, 0.29) is 16.7 Å². The Morgan fingerprint density at radius 3 is 2.68 bits per heavy atom. The lowest BCUT2D eigenvalue weighted by Crippen LogP contribution is -2.05. The summed E-state index contributed by atoms with van der Waals surface area (Å²) in [6, 6.07) is 3.35. The van der Waals surface area contributed by atoms with Crippen LogP contribution in [0.25, 0.3) is 11.0 Å². The van der Waals surface area contributed by atoms with Crippen molar-refractivity contribution in [3.8, 4) is 17.2 Å². The molecular formula is C17H19N3O4S. The van der Waals surface area contributed by atoms with Gasteiger partial charge in [-0.05, 0) is 26.0 Å². The molecular weight excluding hydrogens is 342 g/mol. The number of methoxy groups -OCH3 is 2. The van der Waals surface area contributed by atoms with Crippen LogP contribution < -0.4 is 9.47 Å². The maximum atomic E-state index is 12.7. The van der Waals surface area contributed by atoms with Crippen LogP contribution in [0.15, 0.2) is 23.5 Å². The Hall–Kier alpha value is -2.61. The van der Waals surface area contributed by atoms with E-state index in [1.807, 2.05) is 13.8 Å². The maximum Gasteiger partial charge on any atom is 0.197 e. The lowest BCUT2D eigenvalue weighted by atomic mass is 10.1. The predicted molar refractivity (Wildman–Crippen MR) is 94.7 cm³/mol. The summed E-state index contributed by atoms with van der Waals surface area (Å²) in [4.78, 5) is 11.6. The Labute approximate surface area is 147 Å². The minimum absolute atomic E-state index is 0.0780. The third-order valence-electron chi connectivity index (χ3n) is 4.02. The van der Waals surface area contributed by atoms with Crippen LogP contribution in [0.2, 0.25) is 0 Å². The standard InChI is InChI=1S/C17H19N3O4S/c1-9-7-18-12(10(2)16(9)24-4)8-25(22)17-19-11-5-6-13(23-3)15(21)14(11)20-17/h5-7,21H,8H2,1-4H3,(H,19,20)/t25-/m1/s1. The van der Waals surface area contributed by atoms with Gasteiger partial charge in [-0.3, -0.25) is 9.19 Å². The Balaban J connectivity index is 1.94. The number of pyridine rings is 1. The van der Waals surface area contributed by atoms with Crippen LogP contribution in [0.1, 0.15) is 16.8 Å². The fourth-order valence-corrected chi connectivity index (χ4v) is 3.79. The molecule has 0 aliphatic rings. The largest absolute Gasteiger partial charge is 0.503 e. The van der Waals surface area contributed by atoms with E-state index >= 15 is 0 Å². The van der Waals surface area contributed by atoms with Crippen molar-refractivity contribution >= 4 is 21.8 Å². The fraction of sp³-hybridized carbons (Fsp3) is 0.294. The van der Waals surface area contributed by atoms with Gasteiger partial charge in [-0.2, -0.15) is 0 Å². The van der Waals surface area contributed by atoms with Gasteiger partial charge in [0.25, 0.3) is 0 Å². The van der Waals surface area contributed by atoms with Crippen molar-refractivity contribution in [3.63, 3.8) is 0 Å². The van der Waals surface area contributed by atoms with E-state index in [0.29, 0.717) is 22.5 Å². The molecule has 1 atom stereocenters. The first-order valence-corrected chi connectivity index (χ1v) is 8.91. The molecule has 3 aromatic rings. The van der Waals surface area contributed by atoms with Crippen molar-refractivity contribution < 1.29 is 18.8 Å². The first kappa shape index (κ1) is 17.2. The molecule has 0 radical (unpaired) electrons. The number of nitrogens with one attached hydrogen (secondary N) is 1. The van der Waals surface area contributed by atoms with Gasteiger partial charge in [-0.15, -0.1) is 0 Å². The highest BCUT2D eigenvalue weighted by molar-refractivity contribution is 7.84. The minimum Gasteiger partial charge on any atom is -0.503 e. The quantitative estimate of drug-likeness (QED) is 0.725. The van der Waals surface area contributed by atoms with E-state index < -0.39 is 10.8 Å². The van der Waals surface area contributed by atoms with E-state index in [4.69, 9.17) is 9.47 Å². The van der Waals surface area contributed by atoms with Crippen molar-refractivity contribution in [3.05, 3.63) is 35.2 Å². The maximum absolute atomic E-state index is 12.7. The summed E-state index contributed by atoms with van der Waals surface area (Å²) >= 11 is 0. The molecule has 1 aromatic carbocycles. The summed E-state index contributed by atoms with van der Waals surface area (Å²) in [5.74, 6) is 1.18. The summed E-state index contributed by atoms with van der Waals surface area (Å²) in [6.07, 6.45) is 1.70. The van der Waals surface area contributed by atoms with E-state index in [1.54, 1.807) is 25.4 Å². The van der Waals surface area contributed by atoms with Crippen molar-refractivity contribution in [2.24, 2.45) is 0 Å². The van der Waals surface area contributed by atoms with Crippen LogP contribution >= 0.6 is 0 Å². The number of nitrogens with zero attached hydrogens (tertiary/aromatic N) is 2. The van der Waals surface area contributed by atoms with E-state index in [0.717, 1.165) is 16.9 Å². The number of rotatable bonds is 5. The molecule has 2 aromatic heterocycles. The van der Waals surface area contributed by atoms with Gasteiger partial charge in [0, 0.05) is 17.3 Å². The van der Waals surface area contributed by atoms with Crippen molar-refractivity contribution in [2.45, 2.75) is 24.8 Å². The number of benzene rings is 1. The van der Waals surface area contributed by atoms with Gasteiger partial charge in [-0.25, -0.2) is 4.98 Å². The Bertz CT molecular complexity index is 968. The molecule has 2 N–H and O–H groups in total. The SMILES string of the molecule is COc1ccc2[nH]c([S@](=O)Cc3ncc(C)c(OC)c3C)nc2c1O. The van der Waals surface area contributed by atoms with Crippen LogP contribution in [-0.2, 0) is 16.6 Å². The molecule has 0 fully saturated rings. The molecule has 0 amide bonds. The van der Waals surface area contributed by atoms with E-state index in [9.17, 15) is 9.32 Å². The van der Waals surface area contributed by atoms with E-state index in [1.165, 1.54) is 7.11 Å². The zero-order valence-electron chi connectivity index (χ0n) is 14.4. The number of phenolic OH excluding ortho intramolecular Hbond substituents is 1. The number of phenols is 1. The number of imidazole rings is 1. The van der Waals surface area contributed by atoms with Crippen molar-refractivity contribution in [1.82, 2.24) is 15.0 Å². The fourth-order valence-electron chi connectivity index (χ4n) is 2.70.